The fourth-order valence-corrected chi connectivity index (χ4v) is 4.10. The van der Waals surface area contributed by atoms with Gasteiger partial charge in [-0.25, -0.2) is 0 Å². The van der Waals surface area contributed by atoms with Gasteiger partial charge in [0.05, 0.1) is 22.8 Å². The zero-order valence-electron chi connectivity index (χ0n) is 10.9. The van der Waals surface area contributed by atoms with Crippen LogP contribution >= 0.6 is 11.6 Å². The quantitative estimate of drug-likeness (QED) is 0.668. The molecule has 8 heteroatoms. The standard InChI is InChI=1S/C13H12ClN3O3S/c1-2-3-17-13-8(6-16-21(17,19)20)4-10(14)11-9(7-18)5-15-12(11)13/h2,4-5,7,15-16H,1,3,6H2. The van der Waals surface area contributed by atoms with Crippen LogP contribution in [0.3, 0.4) is 0 Å². The van der Waals surface area contributed by atoms with Gasteiger partial charge >= 0.3 is 10.2 Å². The van der Waals surface area contributed by atoms with Crippen molar-refractivity contribution in [2.45, 2.75) is 6.54 Å². The summed E-state index contributed by atoms with van der Waals surface area (Å²) in [6.45, 7) is 3.85. The van der Waals surface area contributed by atoms with Crippen molar-refractivity contribution >= 4 is 44.7 Å². The van der Waals surface area contributed by atoms with E-state index in [1.165, 1.54) is 16.6 Å². The van der Waals surface area contributed by atoms with Gasteiger partial charge in [-0.05, 0) is 11.6 Å². The number of anilines is 1. The number of H-pyrrole nitrogens is 1. The van der Waals surface area contributed by atoms with Gasteiger partial charge < -0.3 is 4.98 Å². The van der Waals surface area contributed by atoms with E-state index < -0.39 is 10.2 Å². The zero-order valence-corrected chi connectivity index (χ0v) is 12.5. The third-order valence-electron chi connectivity index (χ3n) is 3.40. The first-order valence-corrected chi connectivity index (χ1v) is 7.97. The minimum absolute atomic E-state index is 0.120. The Morgan fingerprint density at radius 2 is 2.24 bits per heavy atom. The summed E-state index contributed by atoms with van der Waals surface area (Å²) in [4.78, 5) is 14.0. The number of aromatic amines is 1. The van der Waals surface area contributed by atoms with Gasteiger partial charge in [-0.15, -0.1) is 6.58 Å². The fourth-order valence-electron chi connectivity index (χ4n) is 2.52. The van der Waals surface area contributed by atoms with Crippen LogP contribution in [0.4, 0.5) is 5.69 Å². The number of hydrogen-bond donors (Lipinski definition) is 2. The van der Waals surface area contributed by atoms with Gasteiger partial charge in [-0.2, -0.15) is 13.1 Å². The molecule has 110 valence electrons. The molecule has 1 aliphatic rings. The molecule has 21 heavy (non-hydrogen) atoms. The average Bonchev–Trinajstić information content (AvgIpc) is 2.87. The van der Waals surface area contributed by atoms with E-state index in [1.807, 2.05) is 0 Å². The molecular weight excluding hydrogens is 314 g/mol. The number of fused-ring (bicyclic) bond motifs is 3. The van der Waals surface area contributed by atoms with Gasteiger partial charge in [0.25, 0.3) is 0 Å². The summed E-state index contributed by atoms with van der Waals surface area (Å²) in [6, 6.07) is 1.68. The fraction of sp³-hybridized carbons (Fsp3) is 0.154. The number of halogens is 1. The molecule has 0 aliphatic carbocycles. The first kappa shape index (κ1) is 14.1. The molecular formula is C13H12ClN3O3S. The SMILES string of the molecule is C=CCN1c2c(cc(Cl)c3c(C=O)c[nH]c23)CNS1(=O)=O. The number of aromatic nitrogens is 1. The van der Waals surface area contributed by atoms with E-state index in [2.05, 4.69) is 16.3 Å². The van der Waals surface area contributed by atoms with Crippen LogP contribution in [0, 0.1) is 0 Å². The molecule has 1 aromatic heterocycles. The molecule has 0 bridgehead atoms. The second-order valence-electron chi connectivity index (χ2n) is 4.62. The molecule has 0 spiro atoms. The Morgan fingerprint density at radius 3 is 2.90 bits per heavy atom. The van der Waals surface area contributed by atoms with E-state index in [4.69, 9.17) is 11.6 Å². The highest BCUT2D eigenvalue weighted by Gasteiger charge is 2.31. The predicted octanol–water partition coefficient (Wildman–Crippen LogP) is 1.97. The molecule has 0 saturated heterocycles. The van der Waals surface area contributed by atoms with Gasteiger partial charge in [0.2, 0.25) is 0 Å². The van der Waals surface area contributed by atoms with Gasteiger partial charge in [0, 0.05) is 23.7 Å². The highest BCUT2D eigenvalue weighted by Crippen LogP contribution is 2.39. The maximum absolute atomic E-state index is 12.2. The van der Waals surface area contributed by atoms with Crippen LogP contribution in [0.15, 0.2) is 24.9 Å². The maximum atomic E-state index is 12.2. The number of hydrogen-bond acceptors (Lipinski definition) is 3. The Morgan fingerprint density at radius 1 is 1.48 bits per heavy atom. The van der Waals surface area contributed by atoms with Gasteiger partial charge in [-0.3, -0.25) is 9.10 Å². The number of benzene rings is 1. The number of nitrogens with one attached hydrogen (secondary N) is 2. The molecule has 2 aromatic rings. The van der Waals surface area contributed by atoms with Crippen LogP contribution in [0.5, 0.6) is 0 Å². The highest BCUT2D eigenvalue weighted by atomic mass is 35.5. The van der Waals surface area contributed by atoms with E-state index in [1.54, 1.807) is 6.07 Å². The number of carbonyl (C=O) groups is 1. The van der Waals surface area contributed by atoms with E-state index in [-0.39, 0.29) is 13.1 Å². The summed E-state index contributed by atoms with van der Waals surface area (Å²) in [5.74, 6) is 0. The van der Waals surface area contributed by atoms with E-state index in [0.717, 1.165) is 5.56 Å². The second-order valence-corrected chi connectivity index (χ2v) is 6.71. The van der Waals surface area contributed by atoms with Gasteiger partial charge in [-0.1, -0.05) is 17.7 Å². The van der Waals surface area contributed by atoms with Gasteiger partial charge in [0.15, 0.2) is 6.29 Å². The Kier molecular flexibility index (Phi) is 3.27. The van der Waals surface area contributed by atoms with Crippen molar-refractivity contribution in [1.29, 1.82) is 0 Å². The molecule has 0 amide bonds. The average molecular weight is 326 g/mol. The smallest absolute Gasteiger partial charge is 0.302 e. The van der Waals surface area contributed by atoms with Crippen molar-refractivity contribution in [1.82, 2.24) is 9.71 Å². The number of rotatable bonds is 3. The van der Waals surface area contributed by atoms with Gasteiger partial charge in [0.1, 0.15) is 0 Å². The summed E-state index contributed by atoms with van der Waals surface area (Å²) < 4.78 is 28.1. The van der Waals surface area contributed by atoms with Crippen molar-refractivity contribution in [3.8, 4) is 0 Å². The van der Waals surface area contributed by atoms with Crippen LogP contribution in [-0.2, 0) is 16.8 Å². The van der Waals surface area contributed by atoms with Crippen molar-refractivity contribution in [2.75, 3.05) is 10.8 Å². The normalized spacial score (nSPS) is 16.7. The van der Waals surface area contributed by atoms with Crippen LogP contribution in [0.2, 0.25) is 5.02 Å². The molecule has 0 radical (unpaired) electrons. The predicted molar refractivity (Wildman–Crippen MR) is 82.0 cm³/mol. The maximum Gasteiger partial charge on any atom is 0.302 e. The minimum Gasteiger partial charge on any atom is -0.359 e. The Bertz CT molecular complexity index is 857. The monoisotopic (exact) mass is 325 g/mol. The number of aldehydes is 1. The summed E-state index contributed by atoms with van der Waals surface area (Å²) in [6.07, 6.45) is 3.70. The topological polar surface area (TPSA) is 82.3 Å². The molecule has 2 heterocycles. The van der Waals surface area contributed by atoms with E-state index >= 15 is 0 Å². The summed E-state index contributed by atoms with van der Waals surface area (Å²) in [5, 5.41) is 0.934. The Balaban J connectivity index is 2.39. The third-order valence-corrected chi connectivity index (χ3v) is 5.12. The lowest BCUT2D eigenvalue weighted by molar-refractivity contribution is 0.112. The van der Waals surface area contributed by atoms with E-state index in [0.29, 0.717) is 33.5 Å². The largest absolute Gasteiger partial charge is 0.359 e. The Hall–Kier alpha value is -1.83. The van der Waals surface area contributed by atoms with Crippen LogP contribution < -0.4 is 9.03 Å². The summed E-state index contributed by atoms with van der Waals surface area (Å²) in [7, 11) is -3.64. The van der Waals surface area contributed by atoms with Crippen LogP contribution in [0.1, 0.15) is 15.9 Å². The molecule has 6 nitrogen and oxygen atoms in total. The Labute approximate surface area is 126 Å². The molecule has 2 N–H and O–H groups in total. The highest BCUT2D eigenvalue weighted by molar-refractivity contribution is 7.91. The molecule has 0 atom stereocenters. The zero-order chi connectivity index (χ0) is 15.2. The molecule has 0 unspecified atom stereocenters. The molecule has 0 fully saturated rings. The lowest BCUT2D eigenvalue weighted by atomic mass is 10.1. The third kappa shape index (κ3) is 2.05. The second kappa shape index (κ2) is 4.87. The van der Waals surface area contributed by atoms with Crippen molar-refractivity contribution < 1.29 is 13.2 Å². The van der Waals surface area contributed by atoms with Crippen molar-refractivity contribution in [3.05, 3.63) is 41.1 Å². The summed E-state index contributed by atoms with van der Waals surface area (Å²) >= 11 is 6.22. The number of nitrogens with zero attached hydrogens (tertiary/aromatic N) is 1. The molecule has 0 saturated carbocycles. The molecule has 3 rings (SSSR count). The van der Waals surface area contributed by atoms with E-state index in [9.17, 15) is 13.2 Å². The number of carbonyl (C=O) groups excluding carboxylic acids is 1. The molecule has 1 aromatic carbocycles. The lowest BCUT2D eigenvalue weighted by Gasteiger charge is -2.30. The van der Waals surface area contributed by atoms with Crippen LogP contribution in [-0.4, -0.2) is 26.2 Å². The van der Waals surface area contributed by atoms with Crippen molar-refractivity contribution in [3.63, 3.8) is 0 Å². The molecule has 1 aliphatic heterocycles. The first-order chi connectivity index (χ1) is 9.99. The minimum atomic E-state index is -3.64. The van der Waals surface area contributed by atoms with Crippen LogP contribution in [0.25, 0.3) is 10.9 Å². The first-order valence-electron chi connectivity index (χ1n) is 6.15. The summed E-state index contributed by atoms with van der Waals surface area (Å²) in [5.41, 5.74) is 2.17. The van der Waals surface area contributed by atoms with Crippen molar-refractivity contribution in [2.24, 2.45) is 0 Å². The lowest BCUT2D eigenvalue weighted by Crippen LogP contribution is -2.45.